The van der Waals surface area contributed by atoms with E-state index in [-0.39, 0.29) is 16.1 Å². The van der Waals surface area contributed by atoms with Gasteiger partial charge in [-0.25, -0.2) is 0 Å². The van der Waals surface area contributed by atoms with Crippen LogP contribution in [0.2, 0.25) is 0 Å². The third-order valence-corrected chi connectivity index (χ3v) is 4.70. The molecule has 0 radical (unpaired) electrons. The van der Waals surface area contributed by atoms with Crippen molar-refractivity contribution in [2.45, 2.75) is 51.5 Å². The van der Waals surface area contributed by atoms with Gasteiger partial charge in [0.1, 0.15) is 0 Å². The molecule has 0 heterocycles. The fourth-order valence-corrected chi connectivity index (χ4v) is 3.28. The van der Waals surface area contributed by atoms with Crippen molar-refractivity contribution in [3.05, 3.63) is 39.9 Å². The van der Waals surface area contributed by atoms with Gasteiger partial charge < -0.3 is 5.73 Å². The normalized spacial score (nSPS) is 26.7. The Bertz CT molecular complexity index is 477. The van der Waals surface area contributed by atoms with Crippen LogP contribution in [0.25, 0.3) is 0 Å². The Balaban J connectivity index is 2.09. The average molecular weight is 276 g/mol. The third kappa shape index (κ3) is 3.37. The van der Waals surface area contributed by atoms with Crippen molar-refractivity contribution >= 4 is 5.69 Å². The van der Waals surface area contributed by atoms with Crippen LogP contribution in [0.4, 0.5) is 5.69 Å². The molecule has 20 heavy (non-hydrogen) atoms. The zero-order chi connectivity index (χ0) is 14.8. The van der Waals surface area contributed by atoms with Crippen molar-refractivity contribution < 1.29 is 4.92 Å². The summed E-state index contributed by atoms with van der Waals surface area (Å²) in [5.74, 6) is 1.45. The van der Waals surface area contributed by atoms with Crippen LogP contribution in [0.3, 0.4) is 0 Å². The molecule has 0 aliphatic heterocycles. The molecule has 4 heteroatoms. The average Bonchev–Trinajstić information content (AvgIpc) is 2.39. The molecule has 0 spiro atoms. The van der Waals surface area contributed by atoms with Crippen molar-refractivity contribution in [1.29, 1.82) is 0 Å². The van der Waals surface area contributed by atoms with Gasteiger partial charge in [-0.2, -0.15) is 0 Å². The van der Waals surface area contributed by atoms with E-state index in [0.717, 1.165) is 37.2 Å². The van der Waals surface area contributed by atoms with Crippen LogP contribution in [-0.2, 0) is 6.42 Å². The van der Waals surface area contributed by atoms with E-state index in [1.165, 1.54) is 0 Å². The van der Waals surface area contributed by atoms with Crippen LogP contribution in [0.15, 0.2) is 24.3 Å². The molecule has 4 nitrogen and oxygen atoms in total. The Kier molecular flexibility index (Phi) is 4.43. The van der Waals surface area contributed by atoms with Gasteiger partial charge in [-0.05, 0) is 43.9 Å². The van der Waals surface area contributed by atoms with Crippen LogP contribution in [0.5, 0.6) is 0 Å². The lowest BCUT2D eigenvalue weighted by atomic mass is 9.71. The van der Waals surface area contributed by atoms with Crippen LogP contribution in [-0.4, -0.2) is 10.5 Å². The summed E-state index contributed by atoms with van der Waals surface area (Å²) < 4.78 is 0. The summed E-state index contributed by atoms with van der Waals surface area (Å²) in [6.07, 6.45) is 4.79. The zero-order valence-corrected chi connectivity index (χ0v) is 12.3. The quantitative estimate of drug-likeness (QED) is 0.673. The molecule has 0 bridgehead atoms. The van der Waals surface area contributed by atoms with Crippen molar-refractivity contribution in [1.82, 2.24) is 0 Å². The van der Waals surface area contributed by atoms with Gasteiger partial charge in [0.15, 0.2) is 0 Å². The Morgan fingerprint density at radius 3 is 2.50 bits per heavy atom. The minimum absolute atomic E-state index is 0.198. The van der Waals surface area contributed by atoms with Crippen molar-refractivity contribution in [3.63, 3.8) is 0 Å². The first-order valence-electron chi connectivity index (χ1n) is 7.42. The molecule has 1 fully saturated rings. The summed E-state index contributed by atoms with van der Waals surface area (Å²) in [4.78, 5) is 10.8. The highest BCUT2D eigenvalue weighted by Gasteiger charge is 2.34. The van der Waals surface area contributed by atoms with E-state index >= 15 is 0 Å². The lowest BCUT2D eigenvalue weighted by Gasteiger charge is -2.38. The maximum absolute atomic E-state index is 11.1. The molecule has 2 N–H and O–H groups in total. The largest absolute Gasteiger partial charge is 0.325 e. The van der Waals surface area contributed by atoms with Gasteiger partial charge in [-0.1, -0.05) is 32.0 Å². The van der Waals surface area contributed by atoms with Crippen molar-refractivity contribution in [3.8, 4) is 0 Å². The predicted molar refractivity (Wildman–Crippen MR) is 80.5 cm³/mol. The summed E-state index contributed by atoms with van der Waals surface area (Å²) in [5, 5.41) is 11.1. The van der Waals surface area contributed by atoms with E-state index in [4.69, 9.17) is 5.73 Å². The van der Waals surface area contributed by atoms with Gasteiger partial charge in [0.05, 0.1) is 4.92 Å². The molecule has 1 saturated carbocycles. The smallest absolute Gasteiger partial charge is 0.272 e. The number of nitrogens with zero attached hydrogens (tertiary/aromatic N) is 1. The van der Waals surface area contributed by atoms with Crippen LogP contribution < -0.4 is 5.73 Å². The minimum Gasteiger partial charge on any atom is -0.325 e. The van der Waals surface area contributed by atoms with Crippen molar-refractivity contribution in [2.75, 3.05) is 0 Å². The van der Waals surface area contributed by atoms with E-state index in [9.17, 15) is 10.1 Å². The second kappa shape index (κ2) is 5.92. The Labute approximate surface area is 120 Å². The maximum Gasteiger partial charge on any atom is 0.272 e. The molecule has 1 aromatic carbocycles. The van der Waals surface area contributed by atoms with Crippen LogP contribution in [0, 0.1) is 22.0 Å². The number of hydrogen-bond donors (Lipinski definition) is 1. The highest BCUT2D eigenvalue weighted by Crippen LogP contribution is 2.37. The summed E-state index contributed by atoms with van der Waals surface area (Å²) >= 11 is 0. The predicted octanol–water partition coefficient (Wildman–Crippen LogP) is 3.68. The summed E-state index contributed by atoms with van der Waals surface area (Å²) in [5.41, 5.74) is 7.18. The molecule has 1 aliphatic carbocycles. The maximum atomic E-state index is 11.1. The molecule has 0 saturated heterocycles. The second-order valence-corrected chi connectivity index (χ2v) is 6.51. The van der Waals surface area contributed by atoms with E-state index in [1.54, 1.807) is 12.1 Å². The highest BCUT2D eigenvalue weighted by molar-refractivity contribution is 5.40. The van der Waals surface area contributed by atoms with Crippen LogP contribution >= 0.6 is 0 Å². The molecule has 0 amide bonds. The van der Waals surface area contributed by atoms with E-state index in [1.807, 2.05) is 12.1 Å². The first-order valence-corrected chi connectivity index (χ1v) is 7.42. The van der Waals surface area contributed by atoms with Crippen molar-refractivity contribution in [2.24, 2.45) is 17.6 Å². The lowest BCUT2D eigenvalue weighted by Crippen LogP contribution is -2.45. The molecule has 0 atom stereocenters. The number of rotatable bonds is 4. The topological polar surface area (TPSA) is 69.2 Å². The SMILES string of the molecule is CC(C)C1CCC(N)(Cc2ccccc2[N+](=O)[O-])CC1. The first kappa shape index (κ1) is 15.0. The lowest BCUT2D eigenvalue weighted by molar-refractivity contribution is -0.385. The fourth-order valence-electron chi connectivity index (χ4n) is 3.28. The van der Waals surface area contributed by atoms with Crippen LogP contribution in [0.1, 0.15) is 45.1 Å². The molecule has 2 rings (SSSR count). The monoisotopic (exact) mass is 276 g/mol. The molecular weight excluding hydrogens is 252 g/mol. The molecular formula is C16H24N2O2. The minimum atomic E-state index is -0.307. The summed E-state index contributed by atoms with van der Waals surface area (Å²) in [6, 6.07) is 6.96. The molecule has 1 aliphatic rings. The van der Waals surface area contributed by atoms with E-state index in [2.05, 4.69) is 13.8 Å². The third-order valence-electron chi connectivity index (χ3n) is 4.70. The van der Waals surface area contributed by atoms with Gasteiger partial charge in [0.2, 0.25) is 0 Å². The molecule has 1 aromatic rings. The zero-order valence-electron chi connectivity index (χ0n) is 12.3. The number of hydrogen-bond acceptors (Lipinski definition) is 3. The second-order valence-electron chi connectivity index (χ2n) is 6.51. The van der Waals surface area contributed by atoms with Gasteiger partial charge in [-0.3, -0.25) is 10.1 Å². The Morgan fingerprint density at radius 2 is 1.95 bits per heavy atom. The summed E-state index contributed by atoms with van der Waals surface area (Å²) in [7, 11) is 0. The Hall–Kier alpha value is -1.42. The molecule has 110 valence electrons. The molecule has 0 unspecified atom stereocenters. The number of nitro benzene ring substituents is 1. The van der Waals surface area contributed by atoms with E-state index < -0.39 is 0 Å². The fraction of sp³-hybridized carbons (Fsp3) is 0.625. The number of para-hydroxylation sites is 1. The van der Waals surface area contributed by atoms with E-state index in [0.29, 0.717) is 12.3 Å². The van der Waals surface area contributed by atoms with Gasteiger partial charge in [0.25, 0.3) is 5.69 Å². The Morgan fingerprint density at radius 1 is 1.35 bits per heavy atom. The summed E-state index contributed by atoms with van der Waals surface area (Å²) in [6.45, 7) is 4.52. The first-order chi connectivity index (χ1) is 9.41. The number of nitro groups is 1. The number of nitrogens with two attached hydrogens (primary N) is 1. The van der Waals surface area contributed by atoms with Gasteiger partial charge >= 0.3 is 0 Å². The number of benzene rings is 1. The standard InChI is InChI=1S/C16H24N2O2/c1-12(2)13-7-9-16(17,10-8-13)11-14-5-3-4-6-15(14)18(19)20/h3-6,12-13H,7-11,17H2,1-2H3. The van der Waals surface area contributed by atoms with Gasteiger partial charge in [-0.15, -0.1) is 0 Å². The molecule has 0 aromatic heterocycles. The highest BCUT2D eigenvalue weighted by atomic mass is 16.6. The van der Waals surface area contributed by atoms with Gasteiger partial charge in [0, 0.05) is 17.2 Å².